The Morgan fingerprint density at radius 3 is 1.57 bits per heavy atom. The highest BCUT2D eigenvalue weighted by molar-refractivity contribution is 7.15. The Morgan fingerprint density at radius 2 is 1.11 bits per heavy atom. The van der Waals surface area contributed by atoms with Crippen molar-refractivity contribution in [1.82, 2.24) is 9.97 Å². The summed E-state index contributed by atoms with van der Waals surface area (Å²) in [5.74, 6) is -0.178. The van der Waals surface area contributed by atoms with Crippen LogP contribution in [0.15, 0.2) is 97.1 Å². The largest absolute Gasteiger partial charge is 0.505 e. The monoisotopic (exact) mass is 741 g/mol. The zero-order chi connectivity index (χ0) is 38.5. The topological polar surface area (TPSA) is 164 Å². The molecule has 0 saturated carbocycles. The molecule has 1 unspecified atom stereocenters. The molecule has 53 heavy (non-hydrogen) atoms. The molecular formula is C40H41N2O10P. The minimum absolute atomic E-state index is 0. The third-order valence-corrected chi connectivity index (χ3v) is 7.30. The fraction of sp³-hybridized carbons (Fsp3) is 0.175. The van der Waals surface area contributed by atoms with Gasteiger partial charge < -0.3 is 33.9 Å². The number of carbonyl (C=O) groups is 3. The number of aromatic nitrogens is 2. The number of ether oxygens (including phenoxy) is 5. The summed E-state index contributed by atoms with van der Waals surface area (Å²) >= 11 is 0. The van der Waals surface area contributed by atoms with Crippen LogP contribution in [0.1, 0.15) is 46.7 Å². The van der Waals surface area contributed by atoms with Gasteiger partial charge in [0.25, 0.3) is 0 Å². The van der Waals surface area contributed by atoms with Gasteiger partial charge in [0.2, 0.25) is 0 Å². The lowest BCUT2D eigenvalue weighted by molar-refractivity contribution is -0.142. The third kappa shape index (κ3) is 10.2. The van der Waals surface area contributed by atoms with Gasteiger partial charge in [-0.1, -0.05) is 50.5 Å². The number of para-hydroxylation sites is 2. The van der Waals surface area contributed by atoms with Crippen LogP contribution in [0.2, 0.25) is 0 Å². The molecule has 0 aliphatic heterocycles. The van der Waals surface area contributed by atoms with Crippen LogP contribution in [0.5, 0.6) is 34.5 Å². The molecule has 2 N–H and O–H groups in total. The maximum absolute atomic E-state index is 12.0. The molecule has 6 aromatic rings. The number of aromatic hydroxyl groups is 2. The Bertz CT molecular complexity index is 2220. The predicted molar refractivity (Wildman–Crippen MR) is 205 cm³/mol. The lowest BCUT2D eigenvalue weighted by Gasteiger charge is -2.13. The first-order valence-corrected chi connectivity index (χ1v) is 16.6. The van der Waals surface area contributed by atoms with Crippen molar-refractivity contribution in [2.45, 2.75) is 27.9 Å². The number of methoxy groups -OCH3 is 2. The van der Waals surface area contributed by atoms with E-state index in [9.17, 15) is 24.6 Å². The van der Waals surface area contributed by atoms with E-state index in [1.165, 1.54) is 21.1 Å². The Morgan fingerprint density at radius 1 is 0.679 bits per heavy atom. The molecule has 1 atom stereocenters. The second kappa shape index (κ2) is 19.4. The number of benzene rings is 4. The first-order valence-electron chi connectivity index (χ1n) is 16.1. The molecule has 2 heterocycles. The molecule has 0 bridgehead atoms. The smallest absolute Gasteiger partial charge is 0.360 e. The first-order chi connectivity index (χ1) is 25.5. The Kier molecular flexibility index (Phi) is 14.4. The average Bonchev–Trinajstić information content (AvgIpc) is 3.17. The van der Waals surface area contributed by atoms with Gasteiger partial charge in [-0.25, -0.2) is 19.6 Å². The normalized spacial score (nSPS) is 10.5. The van der Waals surface area contributed by atoms with Crippen molar-refractivity contribution < 1.29 is 48.3 Å². The number of aryl methyl sites for hydroxylation is 1. The first kappa shape index (κ1) is 39.5. The van der Waals surface area contributed by atoms with E-state index in [1.54, 1.807) is 55.5 Å². The second-order valence-corrected chi connectivity index (χ2v) is 10.7. The molecule has 0 aliphatic carbocycles. The van der Waals surface area contributed by atoms with Crippen LogP contribution in [0, 0.1) is 6.92 Å². The van der Waals surface area contributed by atoms with Gasteiger partial charge in [-0.15, -0.1) is 9.18 Å². The van der Waals surface area contributed by atoms with Gasteiger partial charge in [-0.2, -0.15) is 0 Å². The number of pyridine rings is 2. The minimum Gasteiger partial charge on any atom is -0.505 e. The Balaban J connectivity index is 0.000000269. The Hall–Kier alpha value is -6.26. The summed E-state index contributed by atoms with van der Waals surface area (Å²) in [7, 11) is 2.77. The van der Waals surface area contributed by atoms with Crippen LogP contribution in [0.25, 0.3) is 21.5 Å². The highest BCUT2D eigenvalue weighted by atomic mass is 31.0. The molecule has 0 aliphatic rings. The summed E-state index contributed by atoms with van der Waals surface area (Å²) in [5.41, 5.74) is 0.590. The van der Waals surface area contributed by atoms with Crippen LogP contribution in [-0.2, 0) is 25.6 Å². The van der Waals surface area contributed by atoms with Crippen molar-refractivity contribution in [1.29, 1.82) is 1.28 Å². The summed E-state index contributed by atoms with van der Waals surface area (Å²) in [6.45, 7) is 4.72. The van der Waals surface area contributed by atoms with Crippen molar-refractivity contribution in [2.24, 2.45) is 0 Å². The fourth-order valence-electron chi connectivity index (χ4n) is 4.92. The molecular weight excluding hydrogens is 699 g/mol. The lowest BCUT2D eigenvalue weighted by Crippen LogP contribution is -2.09. The van der Waals surface area contributed by atoms with E-state index in [4.69, 9.17) is 15.5 Å². The van der Waals surface area contributed by atoms with Crippen LogP contribution in [0.3, 0.4) is 0 Å². The zero-order valence-corrected chi connectivity index (χ0v) is 30.0. The zero-order valence-electron chi connectivity index (χ0n) is 30.0. The summed E-state index contributed by atoms with van der Waals surface area (Å²) in [6.07, 6.45) is 0. The molecule has 0 spiro atoms. The Labute approximate surface area is 310 Å². The van der Waals surface area contributed by atoms with E-state index < -0.39 is 17.9 Å². The summed E-state index contributed by atoms with van der Waals surface area (Å²) in [6, 6.07) is 28.7. The quantitative estimate of drug-likeness (QED) is 0.0869. The number of fused-ring (bicyclic) bond motifs is 2. The van der Waals surface area contributed by atoms with Crippen molar-refractivity contribution >= 4 is 48.6 Å². The van der Waals surface area contributed by atoms with Gasteiger partial charge in [0.05, 0.1) is 21.2 Å². The molecule has 276 valence electrons. The third-order valence-electron chi connectivity index (χ3n) is 7.30. The SMILES string of the molecule is C.COC(=O)c1nc(C)c2ccc(Oc3ccccc3)cc2c1O.COC(=O)c1nc(COC(C)=O)c2ccc(Oc3ccccc3)cc2c1O.[2H]PC. The number of nitrogens with zero attached hydrogens (tertiary/aromatic N) is 2. The number of hydrogen-bond acceptors (Lipinski definition) is 12. The molecule has 0 amide bonds. The van der Waals surface area contributed by atoms with E-state index >= 15 is 0 Å². The van der Waals surface area contributed by atoms with Crippen LogP contribution in [0.4, 0.5) is 0 Å². The van der Waals surface area contributed by atoms with Crippen molar-refractivity contribution in [3.8, 4) is 34.5 Å². The standard InChI is InChI=1S/C20H17NO6.C18H15NO4.CH5P.CH4/c1-12(22)26-11-17-15-9-8-14(27-13-6-4-3-5-7-13)10-16(15)19(23)18(21-17)20(24)25-2;1-11-14-9-8-13(23-12-6-4-3-5-7-12)10-15(14)17(20)16(19-11)18(21)22-2;1-2;/h3-10,23H,11H2,1-2H3;3-10,20H,1-2H3;2H2,1H3;1H4/i;;2D;. The summed E-state index contributed by atoms with van der Waals surface area (Å²) < 4.78 is 32.1. The average molecular weight is 742 g/mol. The number of esters is 3. The molecule has 4 aromatic carbocycles. The molecule has 0 fully saturated rings. The van der Waals surface area contributed by atoms with Gasteiger partial charge in [-0.3, -0.25) is 4.79 Å². The van der Waals surface area contributed by atoms with Crippen LogP contribution < -0.4 is 9.47 Å². The van der Waals surface area contributed by atoms with E-state index in [0.717, 1.165) is 5.39 Å². The molecule has 12 nitrogen and oxygen atoms in total. The number of hydrogen-bond donors (Lipinski definition) is 2. The number of rotatable bonds is 8. The molecule has 13 heteroatoms. The highest BCUT2D eigenvalue weighted by Crippen LogP contribution is 2.36. The van der Waals surface area contributed by atoms with Crippen LogP contribution in [-0.4, -0.2) is 60.3 Å². The number of carbonyl (C=O) groups excluding carboxylic acids is 3. The van der Waals surface area contributed by atoms with E-state index in [-0.39, 0.29) is 36.9 Å². The van der Waals surface area contributed by atoms with Crippen molar-refractivity contribution in [3.05, 3.63) is 120 Å². The van der Waals surface area contributed by atoms with Gasteiger partial charge in [0, 0.05) is 34.2 Å². The maximum atomic E-state index is 12.0. The summed E-state index contributed by atoms with van der Waals surface area (Å²) in [5, 5.41) is 23.0. The van der Waals surface area contributed by atoms with Crippen LogP contribution >= 0.6 is 9.18 Å². The molecule has 0 radical (unpaired) electrons. The second-order valence-electron chi connectivity index (χ2n) is 10.7. The van der Waals surface area contributed by atoms with Gasteiger partial charge in [0.1, 0.15) is 29.6 Å². The van der Waals surface area contributed by atoms with Crippen molar-refractivity contribution in [3.63, 3.8) is 0 Å². The van der Waals surface area contributed by atoms with Gasteiger partial charge in [-0.05, 0) is 67.6 Å². The minimum atomic E-state index is -0.798. The highest BCUT2D eigenvalue weighted by Gasteiger charge is 2.21. The van der Waals surface area contributed by atoms with Crippen molar-refractivity contribution in [2.75, 3.05) is 20.9 Å². The fourth-order valence-corrected chi connectivity index (χ4v) is 4.92. The molecule has 0 saturated heterocycles. The van der Waals surface area contributed by atoms with Gasteiger partial charge >= 0.3 is 17.9 Å². The maximum Gasteiger partial charge on any atom is 0.360 e. The van der Waals surface area contributed by atoms with E-state index in [2.05, 4.69) is 19.4 Å². The summed E-state index contributed by atoms with van der Waals surface area (Å²) in [4.78, 5) is 43.1. The molecule has 6 rings (SSSR count). The predicted octanol–water partition coefficient (Wildman–Crippen LogP) is 8.54. The van der Waals surface area contributed by atoms with E-state index in [1.807, 2.05) is 55.2 Å². The molecule has 2 aromatic heterocycles. The van der Waals surface area contributed by atoms with E-state index in [0.29, 0.717) is 59.7 Å². The van der Waals surface area contributed by atoms with Gasteiger partial charge in [0.15, 0.2) is 22.9 Å². The lowest BCUT2D eigenvalue weighted by atomic mass is 10.1.